The Kier molecular flexibility index (Phi) is 4.53. The Morgan fingerprint density at radius 1 is 0.667 bits per heavy atom. The molecule has 0 aromatic carbocycles. The van der Waals surface area contributed by atoms with E-state index in [9.17, 15) is 38.4 Å². The van der Waals surface area contributed by atoms with E-state index in [2.05, 4.69) is 5.32 Å². The second kappa shape index (κ2) is 5.83. The third kappa shape index (κ3) is 1.75. The Hall–Kier alpha value is -2.34. The first kappa shape index (κ1) is 21.0. The normalized spacial score (nSPS) is 24.0. The molecule has 0 aromatic heterocycles. The molecular weight excluding hydrogens is 441 g/mol. The number of likely N-dealkylation sites (tertiary alicyclic amines) is 3. The summed E-state index contributed by atoms with van der Waals surface area (Å²) in [6.45, 7) is 0.619. The number of imide groups is 4. The van der Waals surface area contributed by atoms with E-state index in [-0.39, 0.29) is 46.7 Å². The molecule has 0 atom stereocenters. The molecule has 27 heavy (non-hydrogen) atoms. The number of hydrogen-bond acceptors (Lipinski definition) is 8. The predicted octanol–water partition coefficient (Wildman–Crippen LogP) is -3.07. The van der Waals surface area contributed by atoms with Crippen LogP contribution in [-0.4, -0.2) is 75.2 Å². The topological polar surface area (TPSA) is 160 Å². The minimum absolute atomic E-state index is 0. The van der Waals surface area contributed by atoms with Crippen molar-refractivity contribution in [1.82, 2.24) is 14.7 Å². The van der Waals surface area contributed by atoms with Gasteiger partial charge in [0, 0.05) is 39.3 Å². The number of amides is 8. The summed E-state index contributed by atoms with van der Waals surface area (Å²) in [6.07, 6.45) is 0. The average molecular weight is 451 g/mol. The van der Waals surface area contributed by atoms with Crippen LogP contribution in [0.25, 0.3) is 5.32 Å². The van der Waals surface area contributed by atoms with Crippen molar-refractivity contribution in [1.29, 1.82) is 0 Å². The molecule has 4 aliphatic rings. The zero-order valence-electron chi connectivity index (χ0n) is 14.0. The van der Waals surface area contributed by atoms with Gasteiger partial charge in [0.1, 0.15) is 6.67 Å². The van der Waals surface area contributed by atoms with Gasteiger partial charge in [-0.05, 0) is 6.92 Å². The van der Waals surface area contributed by atoms with E-state index in [0.29, 0.717) is 9.80 Å². The van der Waals surface area contributed by atoms with Crippen LogP contribution in [0.15, 0.2) is 0 Å². The molecule has 0 aliphatic carbocycles. The average Bonchev–Trinajstić information content (AvgIpc) is 2.56. The SMILES string of the molecule is CCN1C(=O)C2(C1=O)C(=O)N(CN1C(=O)C3(C(=O)[N-]C3=O)C1=O)C2=O.[CH3-].[Y]. The molecule has 0 aromatic rings. The summed E-state index contributed by atoms with van der Waals surface area (Å²) in [4.78, 5) is 96.2. The predicted molar refractivity (Wildman–Crippen MR) is 75.6 cm³/mol. The summed E-state index contributed by atoms with van der Waals surface area (Å²) < 4.78 is 0. The molecule has 1 radical (unpaired) electrons. The third-order valence-corrected chi connectivity index (χ3v) is 4.84. The molecule has 0 saturated carbocycles. The van der Waals surface area contributed by atoms with Crippen LogP contribution in [0.2, 0.25) is 0 Å². The molecule has 4 saturated heterocycles. The molecule has 0 N–H and O–H groups in total. The summed E-state index contributed by atoms with van der Waals surface area (Å²) >= 11 is 0. The summed E-state index contributed by atoms with van der Waals surface area (Å²) in [5.74, 6) is -8.95. The van der Waals surface area contributed by atoms with Crippen LogP contribution >= 0.6 is 0 Å². The zero-order chi connectivity index (χ0) is 18.5. The van der Waals surface area contributed by atoms with Crippen LogP contribution in [0.5, 0.6) is 0 Å². The second-order valence-corrected chi connectivity index (χ2v) is 5.79. The minimum atomic E-state index is -2.48. The van der Waals surface area contributed by atoms with Gasteiger partial charge in [-0.15, -0.1) is 0 Å². The Morgan fingerprint density at radius 3 is 1.33 bits per heavy atom. The molecular formula is C14H10N4O8Y-2. The largest absolute Gasteiger partial charge is 0.592 e. The number of carbonyl (C=O) groups is 8. The van der Waals surface area contributed by atoms with E-state index < -0.39 is 64.8 Å². The van der Waals surface area contributed by atoms with Crippen molar-refractivity contribution in [2.45, 2.75) is 6.92 Å². The van der Waals surface area contributed by atoms with Crippen molar-refractivity contribution in [3.8, 4) is 0 Å². The van der Waals surface area contributed by atoms with E-state index >= 15 is 0 Å². The Labute approximate surface area is 176 Å². The van der Waals surface area contributed by atoms with E-state index in [1.165, 1.54) is 6.92 Å². The molecule has 4 heterocycles. The van der Waals surface area contributed by atoms with Gasteiger partial charge >= 0.3 is 0 Å². The first-order valence-corrected chi connectivity index (χ1v) is 7.08. The quantitative estimate of drug-likeness (QED) is 0.248. The minimum Gasteiger partial charge on any atom is -0.592 e. The fraction of sp³-hybridized carbons (Fsp3) is 0.357. The molecule has 4 fully saturated rings. The molecule has 12 nitrogen and oxygen atoms in total. The van der Waals surface area contributed by atoms with Gasteiger partial charge in [-0.25, -0.2) is 0 Å². The maximum Gasteiger partial charge on any atom is 0.285 e. The van der Waals surface area contributed by atoms with Gasteiger partial charge < -0.3 is 22.3 Å². The second-order valence-electron chi connectivity index (χ2n) is 5.79. The number of β-lactam (4-membered cyclic amide) rings is 8. The van der Waals surface area contributed by atoms with Crippen LogP contribution in [0, 0.1) is 18.3 Å². The van der Waals surface area contributed by atoms with Crippen LogP contribution < -0.4 is 0 Å². The molecule has 0 unspecified atom stereocenters. The molecule has 4 aliphatic heterocycles. The maximum absolute atomic E-state index is 12.2. The van der Waals surface area contributed by atoms with Gasteiger partial charge in [-0.3, -0.25) is 43.5 Å². The first-order valence-electron chi connectivity index (χ1n) is 7.08. The summed E-state index contributed by atoms with van der Waals surface area (Å²) in [7, 11) is 0. The molecule has 13 heteroatoms. The Bertz CT molecular complexity index is 830. The summed E-state index contributed by atoms with van der Waals surface area (Å²) in [5.41, 5.74) is -4.89. The molecule has 8 amide bonds. The van der Waals surface area contributed by atoms with Gasteiger partial charge in [0.05, 0.1) is 11.8 Å². The third-order valence-electron chi connectivity index (χ3n) is 4.84. The van der Waals surface area contributed by atoms with E-state index in [0.717, 1.165) is 4.90 Å². The smallest absolute Gasteiger partial charge is 0.285 e. The van der Waals surface area contributed by atoms with Crippen LogP contribution in [0.3, 0.4) is 0 Å². The van der Waals surface area contributed by atoms with Crippen LogP contribution in [-0.2, 0) is 71.1 Å². The Balaban J connectivity index is 0.00000131. The molecule has 139 valence electrons. The van der Waals surface area contributed by atoms with Crippen molar-refractivity contribution in [2.75, 3.05) is 13.2 Å². The van der Waals surface area contributed by atoms with Gasteiger partial charge in [-0.1, -0.05) is 0 Å². The fourth-order valence-electron chi connectivity index (χ4n) is 3.32. The van der Waals surface area contributed by atoms with Gasteiger partial charge in [-0.2, -0.15) is 0 Å². The van der Waals surface area contributed by atoms with Crippen molar-refractivity contribution in [3.05, 3.63) is 12.7 Å². The van der Waals surface area contributed by atoms with Gasteiger partial charge in [0.25, 0.3) is 40.9 Å². The monoisotopic (exact) mass is 451 g/mol. The number of nitrogens with zero attached hydrogens (tertiary/aromatic N) is 4. The number of hydrogen-bond donors (Lipinski definition) is 0. The number of rotatable bonds is 3. The first-order chi connectivity index (χ1) is 11.7. The van der Waals surface area contributed by atoms with Gasteiger partial charge in [0.15, 0.2) is 0 Å². The van der Waals surface area contributed by atoms with E-state index in [4.69, 9.17) is 0 Å². The number of carbonyl (C=O) groups excluding carboxylic acids is 8. The van der Waals surface area contributed by atoms with Crippen LogP contribution in [0.1, 0.15) is 6.92 Å². The van der Waals surface area contributed by atoms with Gasteiger partial charge in [0.2, 0.25) is 5.41 Å². The Morgan fingerprint density at radius 2 is 1.00 bits per heavy atom. The maximum atomic E-state index is 12.2. The van der Waals surface area contributed by atoms with Crippen LogP contribution in [0.4, 0.5) is 0 Å². The van der Waals surface area contributed by atoms with Crippen molar-refractivity contribution < 1.29 is 71.1 Å². The summed E-state index contributed by atoms with van der Waals surface area (Å²) in [5, 5.41) is 2.87. The summed E-state index contributed by atoms with van der Waals surface area (Å²) in [6, 6.07) is 0. The fourth-order valence-corrected chi connectivity index (χ4v) is 3.32. The van der Waals surface area contributed by atoms with Crippen molar-refractivity contribution in [3.63, 3.8) is 0 Å². The van der Waals surface area contributed by atoms with Crippen molar-refractivity contribution >= 4 is 47.3 Å². The van der Waals surface area contributed by atoms with E-state index in [1.54, 1.807) is 0 Å². The molecule has 2 spiro atoms. The van der Waals surface area contributed by atoms with E-state index in [1.807, 2.05) is 0 Å². The molecule has 0 bridgehead atoms. The van der Waals surface area contributed by atoms with Crippen molar-refractivity contribution in [2.24, 2.45) is 10.8 Å². The zero-order valence-corrected chi connectivity index (χ0v) is 16.9. The molecule has 4 rings (SSSR count). The standard InChI is InChI=1S/C13H8N4O8.CH3.Y/c1-2-15-8(22)13(9(15)23)10(24)17(11(13)25)3-16-6(20)12(7(16)21)4(18)14-5(12)19;;/h2-3H2,1H3,(H,14,18,19);1H3;/q;-1;/p-1.